The quantitative estimate of drug-likeness (QED) is 0.853. The molecule has 1 amide bonds. The lowest BCUT2D eigenvalue weighted by molar-refractivity contribution is -0.134. The van der Waals surface area contributed by atoms with E-state index >= 15 is 0 Å². The van der Waals surface area contributed by atoms with Crippen LogP contribution in [0.3, 0.4) is 0 Å². The van der Waals surface area contributed by atoms with E-state index in [0.717, 1.165) is 10.0 Å². The second-order valence-corrected chi connectivity index (χ2v) is 5.57. The summed E-state index contributed by atoms with van der Waals surface area (Å²) >= 11 is 3.56. The van der Waals surface area contributed by atoms with Crippen LogP contribution in [0.15, 0.2) is 28.7 Å². The SMILES string of the molecule is CNC(=O)C1COCCN1C(CN)c1ccccc1Br. The molecule has 110 valence electrons. The minimum atomic E-state index is -0.297. The number of nitrogens with two attached hydrogens (primary N) is 1. The number of hydrogen-bond donors (Lipinski definition) is 2. The summed E-state index contributed by atoms with van der Waals surface area (Å²) in [6.45, 7) is 2.17. The van der Waals surface area contributed by atoms with E-state index in [1.54, 1.807) is 7.05 Å². The topological polar surface area (TPSA) is 67.6 Å². The first-order valence-corrected chi connectivity index (χ1v) is 7.48. The number of benzene rings is 1. The van der Waals surface area contributed by atoms with Gasteiger partial charge in [0.2, 0.25) is 5.91 Å². The van der Waals surface area contributed by atoms with Gasteiger partial charge in [0.25, 0.3) is 0 Å². The van der Waals surface area contributed by atoms with Crippen LogP contribution in [0.5, 0.6) is 0 Å². The van der Waals surface area contributed by atoms with Crippen molar-refractivity contribution in [2.75, 3.05) is 33.4 Å². The third-order valence-electron chi connectivity index (χ3n) is 3.61. The zero-order valence-electron chi connectivity index (χ0n) is 11.5. The number of hydrogen-bond acceptors (Lipinski definition) is 4. The first kappa shape index (κ1) is 15.4. The molecule has 1 fully saturated rings. The van der Waals surface area contributed by atoms with Crippen LogP contribution in [0.25, 0.3) is 0 Å². The Kier molecular flexibility index (Phi) is 5.54. The van der Waals surface area contributed by atoms with Gasteiger partial charge in [-0.25, -0.2) is 0 Å². The second kappa shape index (κ2) is 7.17. The van der Waals surface area contributed by atoms with E-state index in [0.29, 0.717) is 26.3 Å². The van der Waals surface area contributed by atoms with Crippen LogP contribution in [0.1, 0.15) is 11.6 Å². The molecule has 0 bridgehead atoms. The van der Waals surface area contributed by atoms with Crippen LogP contribution in [-0.4, -0.2) is 50.2 Å². The van der Waals surface area contributed by atoms with Crippen molar-refractivity contribution in [2.45, 2.75) is 12.1 Å². The molecular weight excluding hydrogens is 322 g/mol. The van der Waals surface area contributed by atoms with Crippen LogP contribution in [-0.2, 0) is 9.53 Å². The number of carbonyl (C=O) groups is 1. The highest BCUT2D eigenvalue weighted by molar-refractivity contribution is 9.10. The molecule has 1 aromatic carbocycles. The van der Waals surface area contributed by atoms with Crippen LogP contribution in [0, 0.1) is 0 Å². The molecular formula is C14H20BrN3O2. The van der Waals surface area contributed by atoms with Gasteiger partial charge in [0, 0.05) is 30.7 Å². The van der Waals surface area contributed by atoms with E-state index in [4.69, 9.17) is 10.5 Å². The van der Waals surface area contributed by atoms with Gasteiger partial charge in [0.05, 0.1) is 13.2 Å². The number of rotatable bonds is 4. The highest BCUT2D eigenvalue weighted by atomic mass is 79.9. The molecule has 1 aliphatic rings. The normalized spacial score (nSPS) is 21.4. The Balaban J connectivity index is 2.29. The largest absolute Gasteiger partial charge is 0.378 e. The summed E-state index contributed by atoms with van der Waals surface area (Å²) in [6, 6.07) is 7.69. The lowest BCUT2D eigenvalue weighted by Gasteiger charge is -2.40. The summed E-state index contributed by atoms with van der Waals surface area (Å²) in [5, 5.41) is 2.70. The number of nitrogens with zero attached hydrogens (tertiary/aromatic N) is 1. The van der Waals surface area contributed by atoms with Gasteiger partial charge in [-0.15, -0.1) is 0 Å². The Labute approximate surface area is 127 Å². The summed E-state index contributed by atoms with van der Waals surface area (Å²) in [6.07, 6.45) is 0. The van der Waals surface area contributed by atoms with Gasteiger partial charge in [0.15, 0.2) is 0 Å². The molecule has 6 heteroatoms. The van der Waals surface area contributed by atoms with Gasteiger partial charge < -0.3 is 15.8 Å². The summed E-state index contributed by atoms with van der Waals surface area (Å²) in [7, 11) is 1.64. The molecule has 2 rings (SSSR count). The van der Waals surface area contributed by atoms with Crippen molar-refractivity contribution in [3.63, 3.8) is 0 Å². The van der Waals surface area contributed by atoms with Crippen LogP contribution >= 0.6 is 15.9 Å². The lowest BCUT2D eigenvalue weighted by atomic mass is 10.0. The van der Waals surface area contributed by atoms with Gasteiger partial charge in [-0.2, -0.15) is 0 Å². The van der Waals surface area contributed by atoms with Gasteiger partial charge in [0.1, 0.15) is 6.04 Å². The van der Waals surface area contributed by atoms with E-state index in [2.05, 4.69) is 26.1 Å². The Morgan fingerprint density at radius 3 is 3.00 bits per heavy atom. The summed E-state index contributed by atoms with van der Waals surface area (Å²) in [4.78, 5) is 14.2. The Morgan fingerprint density at radius 1 is 1.60 bits per heavy atom. The Morgan fingerprint density at radius 2 is 2.35 bits per heavy atom. The molecule has 0 radical (unpaired) electrons. The van der Waals surface area contributed by atoms with Crippen molar-refractivity contribution in [3.8, 4) is 0 Å². The summed E-state index contributed by atoms with van der Waals surface area (Å²) in [5.74, 6) is -0.0322. The fourth-order valence-electron chi connectivity index (χ4n) is 2.57. The molecule has 1 aromatic rings. The van der Waals surface area contributed by atoms with Crippen molar-refractivity contribution in [3.05, 3.63) is 34.3 Å². The Bertz CT molecular complexity index is 469. The van der Waals surface area contributed by atoms with Crippen molar-refractivity contribution in [1.82, 2.24) is 10.2 Å². The molecule has 0 aliphatic carbocycles. The average molecular weight is 342 g/mol. The molecule has 0 aromatic heterocycles. The summed E-state index contributed by atoms with van der Waals surface area (Å²) in [5.41, 5.74) is 7.08. The smallest absolute Gasteiger partial charge is 0.239 e. The monoisotopic (exact) mass is 341 g/mol. The van der Waals surface area contributed by atoms with Crippen molar-refractivity contribution < 1.29 is 9.53 Å². The molecule has 3 N–H and O–H groups in total. The van der Waals surface area contributed by atoms with Crippen molar-refractivity contribution >= 4 is 21.8 Å². The lowest BCUT2D eigenvalue weighted by Crippen LogP contribution is -2.55. The highest BCUT2D eigenvalue weighted by Crippen LogP contribution is 2.29. The van der Waals surface area contributed by atoms with Gasteiger partial charge in [-0.05, 0) is 11.6 Å². The maximum Gasteiger partial charge on any atom is 0.239 e. The Hall–Kier alpha value is -0.950. The molecule has 20 heavy (non-hydrogen) atoms. The molecule has 2 atom stereocenters. The van der Waals surface area contributed by atoms with Crippen LogP contribution in [0.4, 0.5) is 0 Å². The molecule has 2 unspecified atom stereocenters. The summed E-state index contributed by atoms with van der Waals surface area (Å²) < 4.78 is 6.45. The van der Waals surface area contributed by atoms with Gasteiger partial charge in [-0.3, -0.25) is 9.69 Å². The van der Waals surface area contributed by atoms with E-state index in [9.17, 15) is 4.79 Å². The van der Waals surface area contributed by atoms with Gasteiger partial charge in [-0.1, -0.05) is 34.1 Å². The van der Waals surface area contributed by atoms with E-state index in [-0.39, 0.29) is 18.0 Å². The van der Waals surface area contributed by atoms with Crippen LogP contribution < -0.4 is 11.1 Å². The number of halogens is 1. The average Bonchev–Trinajstić information content (AvgIpc) is 2.49. The minimum Gasteiger partial charge on any atom is -0.378 e. The first-order chi connectivity index (χ1) is 9.69. The fourth-order valence-corrected chi connectivity index (χ4v) is 3.12. The molecule has 1 heterocycles. The number of ether oxygens (including phenoxy) is 1. The van der Waals surface area contributed by atoms with Crippen LogP contribution in [0.2, 0.25) is 0 Å². The van der Waals surface area contributed by atoms with Crippen molar-refractivity contribution in [1.29, 1.82) is 0 Å². The molecule has 1 aliphatic heterocycles. The second-order valence-electron chi connectivity index (χ2n) is 4.72. The number of carbonyl (C=O) groups excluding carboxylic acids is 1. The number of nitrogens with one attached hydrogen (secondary N) is 1. The molecule has 1 saturated heterocycles. The fraction of sp³-hybridized carbons (Fsp3) is 0.500. The molecule has 0 saturated carbocycles. The third-order valence-corrected chi connectivity index (χ3v) is 4.33. The van der Waals surface area contributed by atoms with Gasteiger partial charge >= 0.3 is 0 Å². The predicted octanol–water partition coefficient (Wildman–Crippen LogP) is 0.896. The van der Waals surface area contributed by atoms with E-state index in [1.807, 2.05) is 24.3 Å². The van der Waals surface area contributed by atoms with E-state index in [1.165, 1.54) is 0 Å². The maximum absolute atomic E-state index is 12.0. The predicted molar refractivity (Wildman–Crippen MR) is 81.3 cm³/mol. The molecule has 5 nitrogen and oxygen atoms in total. The number of likely N-dealkylation sites (N-methyl/N-ethyl adjacent to an activating group) is 1. The molecule has 0 spiro atoms. The number of morpholine rings is 1. The third kappa shape index (κ3) is 3.20. The zero-order valence-corrected chi connectivity index (χ0v) is 13.1. The standard InChI is InChI=1S/C14H20BrN3O2/c1-17-14(19)13-9-20-7-6-18(13)12(8-16)10-4-2-3-5-11(10)15/h2-5,12-13H,6-9,16H2,1H3,(H,17,19). The van der Waals surface area contributed by atoms with E-state index < -0.39 is 0 Å². The highest BCUT2D eigenvalue weighted by Gasteiger charge is 2.34. The maximum atomic E-state index is 12.0. The zero-order chi connectivity index (χ0) is 14.5. The number of amides is 1. The van der Waals surface area contributed by atoms with Crippen molar-refractivity contribution in [2.24, 2.45) is 5.73 Å². The minimum absolute atomic E-state index is 0.00299. The first-order valence-electron chi connectivity index (χ1n) is 6.68.